The molecule has 1 unspecified atom stereocenters. The number of ether oxygens (including phenoxy) is 1. The maximum absolute atomic E-state index is 14.4. The third kappa shape index (κ3) is 1.84. The standard InChI is InChI=1S/C13H13FO3/c1-2-17-12(16)13(14)8-7-9-5-3-4-6-10(9)11(13)15/h3-6H,2,7-8H2,1H3. The van der Waals surface area contributed by atoms with Gasteiger partial charge in [-0.2, -0.15) is 0 Å². The predicted molar refractivity (Wildman–Crippen MR) is 59.6 cm³/mol. The van der Waals surface area contributed by atoms with Crippen molar-refractivity contribution in [3.8, 4) is 0 Å². The van der Waals surface area contributed by atoms with Crippen molar-refractivity contribution in [1.29, 1.82) is 0 Å². The monoisotopic (exact) mass is 236 g/mol. The molecule has 0 fully saturated rings. The third-order valence-corrected chi connectivity index (χ3v) is 2.96. The molecule has 17 heavy (non-hydrogen) atoms. The van der Waals surface area contributed by atoms with E-state index in [9.17, 15) is 14.0 Å². The number of carbonyl (C=O) groups is 2. The lowest BCUT2D eigenvalue weighted by molar-refractivity contribution is -0.154. The molecule has 0 bridgehead atoms. The Kier molecular flexibility index (Phi) is 2.96. The molecular weight excluding hydrogens is 223 g/mol. The number of alkyl halides is 1. The van der Waals surface area contributed by atoms with Crippen LogP contribution in [-0.4, -0.2) is 24.0 Å². The fraction of sp³-hybridized carbons (Fsp3) is 0.385. The molecule has 1 atom stereocenters. The lowest BCUT2D eigenvalue weighted by Gasteiger charge is -2.27. The molecule has 0 spiro atoms. The Morgan fingerprint density at radius 3 is 2.88 bits per heavy atom. The molecule has 1 aromatic rings. The summed E-state index contributed by atoms with van der Waals surface area (Å²) in [7, 11) is 0. The number of fused-ring (bicyclic) bond motifs is 1. The van der Waals surface area contributed by atoms with Gasteiger partial charge >= 0.3 is 5.97 Å². The van der Waals surface area contributed by atoms with E-state index in [-0.39, 0.29) is 18.6 Å². The van der Waals surface area contributed by atoms with Crippen LogP contribution in [0.1, 0.15) is 29.3 Å². The zero-order valence-corrected chi connectivity index (χ0v) is 9.53. The maximum Gasteiger partial charge on any atom is 0.352 e. The van der Waals surface area contributed by atoms with Gasteiger partial charge in [-0.25, -0.2) is 9.18 Å². The van der Waals surface area contributed by atoms with Crippen LogP contribution in [0.25, 0.3) is 0 Å². The first-order valence-corrected chi connectivity index (χ1v) is 5.58. The number of ketones is 1. The van der Waals surface area contributed by atoms with Crippen LogP contribution >= 0.6 is 0 Å². The lowest BCUT2D eigenvalue weighted by Crippen LogP contribution is -2.46. The summed E-state index contributed by atoms with van der Waals surface area (Å²) < 4.78 is 19.0. The van der Waals surface area contributed by atoms with Gasteiger partial charge in [0.25, 0.3) is 5.67 Å². The maximum atomic E-state index is 14.4. The van der Waals surface area contributed by atoms with E-state index in [4.69, 9.17) is 0 Å². The number of halogens is 1. The van der Waals surface area contributed by atoms with Crippen molar-refractivity contribution in [2.75, 3.05) is 6.61 Å². The summed E-state index contributed by atoms with van der Waals surface area (Å²) in [5.41, 5.74) is -1.44. The molecule has 3 nitrogen and oxygen atoms in total. The highest BCUT2D eigenvalue weighted by Crippen LogP contribution is 2.32. The second kappa shape index (κ2) is 4.28. The normalized spacial score (nSPS) is 23.1. The molecule has 0 radical (unpaired) electrons. The molecule has 1 aliphatic carbocycles. The van der Waals surface area contributed by atoms with Gasteiger partial charge in [-0.05, 0) is 18.9 Å². The average molecular weight is 236 g/mol. The number of rotatable bonds is 2. The second-order valence-corrected chi connectivity index (χ2v) is 4.01. The Bertz CT molecular complexity index is 469. The molecule has 0 amide bonds. The molecule has 1 aliphatic rings. The van der Waals surface area contributed by atoms with Gasteiger partial charge < -0.3 is 4.74 Å². The summed E-state index contributed by atoms with van der Waals surface area (Å²) in [6.07, 6.45) is 0.235. The van der Waals surface area contributed by atoms with Gasteiger partial charge in [0.2, 0.25) is 5.78 Å². The number of hydrogen-bond donors (Lipinski definition) is 0. The van der Waals surface area contributed by atoms with Crippen molar-refractivity contribution in [1.82, 2.24) is 0 Å². The highest BCUT2D eigenvalue weighted by molar-refractivity contribution is 6.16. The van der Waals surface area contributed by atoms with Gasteiger partial charge in [0, 0.05) is 12.0 Å². The minimum atomic E-state index is -2.51. The number of esters is 1. The van der Waals surface area contributed by atoms with Crippen molar-refractivity contribution < 1.29 is 18.7 Å². The Balaban J connectivity index is 2.37. The first-order valence-electron chi connectivity index (χ1n) is 5.58. The van der Waals surface area contributed by atoms with E-state index in [0.29, 0.717) is 6.42 Å². The topological polar surface area (TPSA) is 43.4 Å². The van der Waals surface area contributed by atoms with Crippen molar-refractivity contribution in [3.05, 3.63) is 35.4 Å². The summed E-state index contributed by atoms with van der Waals surface area (Å²) in [6.45, 7) is 1.65. The van der Waals surface area contributed by atoms with Gasteiger partial charge in [-0.1, -0.05) is 24.3 Å². The SMILES string of the molecule is CCOC(=O)C1(F)CCc2ccccc2C1=O. The summed E-state index contributed by atoms with van der Waals surface area (Å²) in [5, 5.41) is 0. The largest absolute Gasteiger partial charge is 0.463 e. The van der Waals surface area contributed by atoms with Gasteiger partial charge in [0.05, 0.1) is 6.61 Å². The number of hydrogen-bond acceptors (Lipinski definition) is 3. The van der Waals surface area contributed by atoms with E-state index >= 15 is 0 Å². The van der Waals surface area contributed by atoms with Crippen LogP contribution < -0.4 is 0 Å². The molecule has 90 valence electrons. The quantitative estimate of drug-likeness (QED) is 0.583. The van der Waals surface area contributed by atoms with Gasteiger partial charge in [0.1, 0.15) is 0 Å². The summed E-state index contributed by atoms with van der Waals surface area (Å²) in [4.78, 5) is 23.5. The van der Waals surface area contributed by atoms with Crippen molar-refractivity contribution in [2.45, 2.75) is 25.4 Å². The highest BCUT2D eigenvalue weighted by atomic mass is 19.1. The molecule has 0 heterocycles. The fourth-order valence-corrected chi connectivity index (χ4v) is 2.03. The van der Waals surface area contributed by atoms with Crippen LogP contribution in [0.3, 0.4) is 0 Å². The molecule has 0 N–H and O–H groups in total. The van der Waals surface area contributed by atoms with Crippen LogP contribution in [0.5, 0.6) is 0 Å². The molecule has 4 heteroatoms. The second-order valence-electron chi connectivity index (χ2n) is 4.01. The van der Waals surface area contributed by atoms with Crippen LogP contribution in [0.2, 0.25) is 0 Å². The van der Waals surface area contributed by atoms with Crippen molar-refractivity contribution in [2.24, 2.45) is 0 Å². The first-order chi connectivity index (χ1) is 8.09. The fourth-order valence-electron chi connectivity index (χ4n) is 2.03. The van der Waals surface area contributed by atoms with Crippen LogP contribution in [-0.2, 0) is 16.0 Å². The number of aryl methyl sites for hydroxylation is 1. The molecule has 0 aliphatic heterocycles. The van der Waals surface area contributed by atoms with Crippen LogP contribution in [0, 0.1) is 0 Å². The first kappa shape index (κ1) is 11.8. The van der Waals surface area contributed by atoms with E-state index in [2.05, 4.69) is 4.74 Å². The van der Waals surface area contributed by atoms with E-state index in [1.54, 1.807) is 31.2 Å². The van der Waals surface area contributed by atoms with Crippen LogP contribution in [0.15, 0.2) is 24.3 Å². The highest BCUT2D eigenvalue weighted by Gasteiger charge is 2.50. The Hall–Kier alpha value is -1.71. The number of benzene rings is 1. The zero-order valence-electron chi connectivity index (χ0n) is 9.53. The molecule has 1 aromatic carbocycles. The van der Waals surface area contributed by atoms with E-state index < -0.39 is 17.4 Å². The Labute approximate surface area is 98.6 Å². The number of carbonyl (C=O) groups excluding carboxylic acids is 2. The van der Waals surface area contributed by atoms with Gasteiger partial charge in [-0.15, -0.1) is 0 Å². The van der Waals surface area contributed by atoms with E-state index in [1.165, 1.54) is 0 Å². The molecule has 2 rings (SSSR count). The predicted octanol–water partition coefficient (Wildman–Crippen LogP) is 2.09. The molecule has 0 saturated carbocycles. The van der Waals surface area contributed by atoms with Gasteiger partial charge in [0.15, 0.2) is 0 Å². The minimum Gasteiger partial charge on any atom is -0.463 e. The van der Waals surface area contributed by atoms with E-state index in [0.717, 1.165) is 5.56 Å². The minimum absolute atomic E-state index is 0.0689. The van der Waals surface area contributed by atoms with E-state index in [1.807, 2.05) is 0 Å². The molecule has 0 aromatic heterocycles. The zero-order chi connectivity index (χ0) is 12.5. The summed E-state index contributed by atoms with van der Waals surface area (Å²) in [6, 6.07) is 6.78. The van der Waals surface area contributed by atoms with Crippen molar-refractivity contribution in [3.63, 3.8) is 0 Å². The molecular formula is C13H13FO3. The summed E-state index contributed by atoms with van der Waals surface area (Å²) >= 11 is 0. The third-order valence-electron chi connectivity index (χ3n) is 2.96. The number of Topliss-reactive ketones (excluding diaryl/α,β-unsaturated/α-hetero) is 1. The summed E-state index contributed by atoms with van der Waals surface area (Å²) in [5.74, 6) is -1.85. The Morgan fingerprint density at radius 2 is 2.18 bits per heavy atom. The van der Waals surface area contributed by atoms with Crippen molar-refractivity contribution >= 4 is 11.8 Å². The molecule has 0 saturated heterocycles. The smallest absolute Gasteiger partial charge is 0.352 e. The lowest BCUT2D eigenvalue weighted by atomic mass is 9.80. The average Bonchev–Trinajstić information content (AvgIpc) is 2.35. The van der Waals surface area contributed by atoms with Gasteiger partial charge in [-0.3, -0.25) is 4.79 Å². The van der Waals surface area contributed by atoms with Crippen LogP contribution in [0.4, 0.5) is 4.39 Å². The Morgan fingerprint density at radius 1 is 1.47 bits per heavy atom.